The molecule has 2 rings (SSSR count). The summed E-state index contributed by atoms with van der Waals surface area (Å²) in [5, 5.41) is 5.67. The standard InChI is InChI=1S/C16H21BrN2S/c1-13-7-10-20-16(13)11-18-8-9-19(2)12-14-3-5-15(17)6-4-14/h3-7,10,18H,8-9,11-12H2,1-2H3. The molecule has 2 nitrogen and oxygen atoms in total. The maximum atomic E-state index is 3.52. The van der Waals surface area contributed by atoms with Gasteiger partial charge < -0.3 is 10.2 Å². The number of likely N-dealkylation sites (N-methyl/N-ethyl adjacent to an activating group) is 1. The zero-order chi connectivity index (χ0) is 14.4. The van der Waals surface area contributed by atoms with Crippen molar-refractivity contribution in [1.82, 2.24) is 10.2 Å². The van der Waals surface area contributed by atoms with Crippen LogP contribution in [0.2, 0.25) is 0 Å². The van der Waals surface area contributed by atoms with E-state index in [4.69, 9.17) is 0 Å². The Balaban J connectivity index is 1.66. The number of nitrogens with one attached hydrogen (secondary N) is 1. The normalized spacial score (nSPS) is 11.2. The van der Waals surface area contributed by atoms with Crippen molar-refractivity contribution in [3.63, 3.8) is 0 Å². The summed E-state index contributed by atoms with van der Waals surface area (Å²) in [4.78, 5) is 3.79. The van der Waals surface area contributed by atoms with Gasteiger partial charge in [0.1, 0.15) is 0 Å². The first-order valence-electron chi connectivity index (χ1n) is 6.82. The first-order chi connectivity index (χ1) is 9.65. The molecule has 0 amide bonds. The lowest BCUT2D eigenvalue weighted by molar-refractivity contribution is 0.324. The summed E-state index contributed by atoms with van der Waals surface area (Å²) in [7, 11) is 2.17. The van der Waals surface area contributed by atoms with E-state index >= 15 is 0 Å². The predicted molar refractivity (Wildman–Crippen MR) is 91.2 cm³/mol. The molecule has 0 radical (unpaired) electrons. The second-order valence-electron chi connectivity index (χ2n) is 5.07. The van der Waals surface area contributed by atoms with Crippen LogP contribution in [0.4, 0.5) is 0 Å². The Morgan fingerprint density at radius 1 is 1.20 bits per heavy atom. The molecule has 0 aliphatic rings. The van der Waals surface area contributed by atoms with Crippen LogP contribution in [0.25, 0.3) is 0 Å². The fourth-order valence-electron chi connectivity index (χ4n) is 2.04. The van der Waals surface area contributed by atoms with Gasteiger partial charge in [-0.1, -0.05) is 28.1 Å². The Kier molecular flexibility index (Phi) is 6.23. The molecule has 0 fully saturated rings. The number of halogens is 1. The topological polar surface area (TPSA) is 15.3 Å². The van der Waals surface area contributed by atoms with Crippen LogP contribution in [-0.4, -0.2) is 25.0 Å². The van der Waals surface area contributed by atoms with E-state index < -0.39 is 0 Å². The van der Waals surface area contributed by atoms with Crippen molar-refractivity contribution in [3.8, 4) is 0 Å². The van der Waals surface area contributed by atoms with Gasteiger partial charge in [-0.3, -0.25) is 0 Å². The van der Waals surface area contributed by atoms with Crippen molar-refractivity contribution < 1.29 is 0 Å². The highest BCUT2D eigenvalue weighted by molar-refractivity contribution is 9.10. The molecule has 0 bridgehead atoms. The maximum absolute atomic E-state index is 3.52. The number of nitrogens with zero attached hydrogens (tertiary/aromatic N) is 1. The molecule has 0 spiro atoms. The smallest absolute Gasteiger partial charge is 0.0302 e. The quantitative estimate of drug-likeness (QED) is 0.756. The van der Waals surface area contributed by atoms with Crippen LogP contribution >= 0.6 is 27.3 Å². The molecule has 0 unspecified atom stereocenters. The lowest BCUT2D eigenvalue weighted by Crippen LogP contribution is -2.28. The third kappa shape index (κ3) is 5.02. The largest absolute Gasteiger partial charge is 0.311 e. The molecule has 1 aromatic carbocycles. The van der Waals surface area contributed by atoms with Gasteiger partial charge in [0, 0.05) is 35.5 Å². The van der Waals surface area contributed by atoms with Crippen LogP contribution < -0.4 is 5.32 Å². The third-order valence-corrected chi connectivity index (χ3v) is 4.84. The van der Waals surface area contributed by atoms with E-state index in [1.165, 1.54) is 16.0 Å². The Labute approximate surface area is 133 Å². The fraction of sp³-hybridized carbons (Fsp3) is 0.375. The molecular weight excluding hydrogens is 332 g/mol. The molecule has 0 aliphatic carbocycles. The molecule has 1 heterocycles. The number of hydrogen-bond acceptors (Lipinski definition) is 3. The summed E-state index contributed by atoms with van der Waals surface area (Å²) in [6.45, 7) is 6.22. The molecular formula is C16H21BrN2S. The van der Waals surface area contributed by atoms with Crippen molar-refractivity contribution in [2.45, 2.75) is 20.0 Å². The van der Waals surface area contributed by atoms with Gasteiger partial charge in [0.25, 0.3) is 0 Å². The number of thiophene rings is 1. The highest BCUT2D eigenvalue weighted by atomic mass is 79.9. The molecule has 0 aliphatic heterocycles. The van der Waals surface area contributed by atoms with Crippen LogP contribution in [-0.2, 0) is 13.1 Å². The van der Waals surface area contributed by atoms with Gasteiger partial charge in [-0.05, 0) is 48.7 Å². The zero-order valence-electron chi connectivity index (χ0n) is 12.0. The summed E-state index contributed by atoms with van der Waals surface area (Å²) in [6, 6.07) is 10.7. The van der Waals surface area contributed by atoms with Gasteiger partial charge in [-0.25, -0.2) is 0 Å². The molecule has 0 saturated heterocycles. The Bertz CT molecular complexity index is 522. The van der Waals surface area contributed by atoms with Crippen molar-refractivity contribution in [1.29, 1.82) is 0 Å². The number of rotatable bonds is 7. The van der Waals surface area contributed by atoms with Crippen LogP contribution in [0.3, 0.4) is 0 Å². The predicted octanol–water partition coefficient (Wildman–Crippen LogP) is 4.04. The van der Waals surface area contributed by atoms with Gasteiger partial charge in [0.2, 0.25) is 0 Å². The van der Waals surface area contributed by atoms with Gasteiger partial charge in [-0.15, -0.1) is 11.3 Å². The van der Waals surface area contributed by atoms with E-state index in [0.717, 1.165) is 30.7 Å². The van der Waals surface area contributed by atoms with E-state index in [1.54, 1.807) is 0 Å². The van der Waals surface area contributed by atoms with Crippen molar-refractivity contribution in [2.75, 3.05) is 20.1 Å². The van der Waals surface area contributed by atoms with Crippen LogP contribution in [0.5, 0.6) is 0 Å². The summed E-state index contributed by atoms with van der Waals surface area (Å²) in [5.74, 6) is 0. The summed E-state index contributed by atoms with van der Waals surface area (Å²) >= 11 is 5.30. The third-order valence-electron chi connectivity index (χ3n) is 3.29. The van der Waals surface area contributed by atoms with Gasteiger partial charge >= 0.3 is 0 Å². The summed E-state index contributed by atoms with van der Waals surface area (Å²) < 4.78 is 1.14. The van der Waals surface area contributed by atoms with Crippen LogP contribution in [0.15, 0.2) is 40.2 Å². The van der Waals surface area contributed by atoms with Crippen LogP contribution in [0, 0.1) is 6.92 Å². The first kappa shape index (κ1) is 15.7. The molecule has 0 atom stereocenters. The van der Waals surface area contributed by atoms with E-state index in [-0.39, 0.29) is 0 Å². The minimum atomic E-state index is 0.982. The number of benzene rings is 1. The summed E-state index contributed by atoms with van der Waals surface area (Å²) in [5.41, 5.74) is 2.75. The Morgan fingerprint density at radius 2 is 1.95 bits per heavy atom. The Morgan fingerprint density at radius 3 is 2.60 bits per heavy atom. The van der Waals surface area contributed by atoms with E-state index in [9.17, 15) is 0 Å². The molecule has 2 aromatic rings. The highest BCUT2D eigenvalue weighted by Crippen LogP contribution is 2.14. The minimum Gasteiger partial charge on any atom is -0.311 e. The molecule has 108 valence electrons. The molecule has 4 heteroatoms. The molecule has 0 saturated carbocycles. The first-order valence-corrected chi connectivity index (χ1v) is 8.49. The minimum absolute atomic E-state index is 0.982. The monoisotopic (exact) mass is 352 g/mol. The van der Waals surface area contributed by atoms with Crippen molar-refractivity contribution >= 4 is 27.3 Å². The van der Waals surface area contributed by atoms with Gasteiger partial charge in [-0.2, -0.15) is 0 Å². The highest BCUT2D eigenvalue weighted by Gasteiger charge is 2.02. The molecule has 1 aromatic heterocycles. The number of hydrogen-bond donors (Lipinski definition) is 1. The fourth-order valence-corrected chi connectivity index (χ4v) is 3.18. The summed E-state index contributed by atoms with van der Waals surface area (Å²) in [6.07, 6.45) is 0. The second kappa shape index (κ2) is 7.93. The van der Waals surface area contributed by atoms with Crippen molar-refractivity contribution in [3.05, 3.63) is 56.2 Å². The molecule has 20 heavy (non-hydrogen) atoms. The molecule has 1 N–H and O–H groups in total. The zero-order valence-corrected chi connectivity index (χ0v) is 14.4. The lowest BCUT2D eigenvalue weighted by Gasteiger charge is -2.17. The van der Waals surface area contributed by atoms with E-state index in [1.807, 2.05) is 11.3 Å². The SMILES string of the molecule is Cc1ccsc1CNCCN(C)Cc1ccc(Br)cc1. The van der Waals surface area contributed by atoms with Crippen molar-refractivity contribution in [2.24, 2.45) is 0 Å². The van der Waals surface area contributed by atoms with E-state index in [2.05, 4.69) is 75.8 Å². The second-order valence-corrected chi connectivity index (χ2v) is 6.98. The lowest BCUT2D eigenvalue weighted by atomic mass is 10.2. The average molecular weight is 353 g/mol. The Hall–Kier alpha value is -0.680. The van der Waals surface area contributed by atoms with Gasteiger partial charge in [0.15, 0.2) is 0 Å². The van der Waals surface area contributed by atoms with E-state index in [0.29, 0.717) is 0 Å². The van der Waals surface area contributed by atoms with Gasteiger partial charge in [0.05, 0.1) is 0 Å². The van der Waals surface area contributed by atoms with Crippen LogP contribution in [0.1, 0.15) is 16.0 Å². The average Bonchev–Trinajstić information content (AvgIpc) is 2.83. The maximum Gasteiger partial charge on any atom is 0.0302 e. The number of aryl methyl sites for hydroxylation is 1.